The van der Waals surface area contributed by atoms with Crippen LogP contribution in [0.5, 0.6) is 0 Å². The first-order chi connectivity index (χ1) is 9.29. The summed E-state index contributed by atoms with van der Waals surface area (Å²) in [4.78, 5) is 4.23. The van der Waals surface area contributed by atoms with Gasteiger partial charge in [-0.25, -0.2) is 4.98 Å². The van der Waals surface area contributed by atoms with Crippen LogP contribution in [-0.2, 0) is 17.7 Å². The van der Waals surface area contributed by atoms with Gasteiger partial charge in [0.25, 0.3) is 0 Å². The number of aryl methyl sites for hydroxylation is 1. The van der Waals surface area contributed by atoms with Gasteiger partial charge >= 0.3 is 0 Å². The van der Waals surface area contributed by atoms with Crippen molar-refractivity contribution in [3.8, 4) is 0 Å². The summed E-state index contributed by atoms with van der Waals surface area (Å²) < 4.78 is 7.57. The molecule has 0 saturated carbocycles. The fourth-order valence-electron chi connectivity index (χ4n) is 2.57. The largest absolute Gasteiger partial charge is 0.393 e. The standard InChI is InChI=1S/C14H25N3O2/c1-2-8-17-14(15-11-16-17)10-12(18)6-7-13-5-3-4-9-19-13/h11-13,18H,2-10H2,1H3. The monoisotopic (exact) mass is 267 g/mol. The first-order valence-corrected chi connectivity index (χ1v) is 7.46. The number of aromatic nitrogens is 3. The van der Waals surface area contributed by atoms with E-state index in [1.807, 2.05) is 4.68 Å². The predicted molar refractivity (Wildman–Crippen MR) is 72.8 cm³/mol. The summed E-state index contributed by atoms with van der Waals surface area (Å²) in [5, 5.41) is 14.3. The van der Waals surface area contributed by atoms with Crippen molar-refractivity contribution < 1.29 is 9.84 Å². The van der Waals surface area contributed by atoms with Crippen LogP contribution in [0.2, 0.25) is 0 Å². The van der Waals surface area contributed by atoms with Gasteiger partial charge in [-0.05, 0) is 38.5 Å². The Labute approximate surface area is 115 Å². The summed E-state index contributed by atoms with van der Waals surface area (Å²) >= 11 is 0. The molecule has 1 aromatic rings. The van der Waals surface area contributed by atoms with Gasteiger partial charge in [0.1, 0.15) is 12.2 Å². The molecule has 108 valence electrons. The second kappa shape index (κ2) is 7.60. The van der Waals surface area contributed by atoms with Crippen molar-refractivity contribution in [1.82, 2.24) is 14.8 Å². The van der Waals surface area contributed by atoms with Crippen LogP contribution in [-0.4, -0.2) is 38.7 Å². The highest BCUT2D eigenvalue weighted by molar-refractivity contribution is 4.87. The van der Waals surface area contributed by atoms with Crippen LogP contribution in [0.1, 0.15) is 51.3 Å². The Hall–Kier alpha value is -0.940. The van der Waals surface area contributed by atoms with E-state index in [0.29, 0.717) is 12.5 Å². The minimum atomic E-state index is -0.342. The van der Waals surface area contributed by atoms with E-state index < -0.39 is 0 Å². The van der Waals surface area contributed by atoms with Crippen LogP contribution in [0.4, 0.5) is 0 Å². The van der Waals surface area contributed by atoms with E-state index in [1.54, 1.807) is 6.33 Å². The normalized spacial score (nSPS) is 21.5. The molecule has 0 aromatic carbocycles. The average molecular weight is 267 g/mol. The fourth-order valence-corrected chi connectivity index (χ4v) is 2.57. The Morgan fingerprint density at radius 3 is 3.16 bits per heavy atom. The maximum atomic E-state index is 10.1. The maximum Gasteiger partial charge on any atom is 0.138 e. The van der Waals surface area contributed by atoms with E-state index >= 15 is 0 Å². The van der Waals surface area contributed by atoms with Crippen LogP contribution >= 0.6 is 0 Å². The lowest BCUT2D eigenvalue weighted by molar-refractivity contribution is 0.00216. The predicted octanol–water partition coefficient (Wildman–Crippen LogP) is 1.94. The minimum Gasteiger partial charge on any atom is -0.393 e. The van der Waals surface area contributed by atoms with Gasteiger partial charge in [-0.15, -0.1) is 0 Å². The molecule has 1 aromatic heterocycles. The number of aliphatic hydroxyl groups excluding tert-OH is 1. The number of aliphatic hydroxyl groups is 1. The van der Waals surface area contributed by atoms with E-state index in [4.69, 9.17) is 4.74 Å². The molecule has 1 N–H and O–H groups in total. The van der Waals surface area contributed by atoms with Crippen molar-refractivity contribution in [3.63, 3.8) is 0 Å². The molecule has 5 heteroatoms. The first-order valence-electron chi connectivity index (χ1n) is 7.46. The van der Waals surface area contributed by atoms with Gasteiger partial charge < -0.3 is 9.84 Å². The Morgan fingerprint density at radius 1 is 1.53 bits per heavy atom. The van der Waals surface area contributed by atoms with E-state index in [-0.39, 0.29) is 6.10 Å². The lowest BCUT2D eigenvalue weighted by Gasteiger charge is -2.23. The zero-order valence-electron chi connectivity index (χ0n) is 11.8. The lowest BCUT2D eigenvalue weighted by atomic mass is 10.0. The van der Waals surface area contributed by atoms with E-state index in [9.17, 15) is 5.11 Å². The first kappa shape index (κ1) is 14.5. The van der Waals surface area contributed by atoms with Gasteiger partial charge in [0, 0.05) is 19.6 Å². The lowest BCUT2D eigenvalue weighted by Crippen LogP contribution is -2.22. The topological polar surface area (TPSA) is 60.2 Å². The number of nitrogens with zero attached hydrogens (tertiary/aromatic N) is 3. The van der Waals surface area contributed by atoms with E-state index in [1.165, 1.54) is 12.8 Å². The van der Waals surface area contributed by atoms with Crippen LogP contribution < -0.4 is 0 Å². The van der Waals surface area contributed by atoms with Gasteiger partial charge in [-0.1, -0.05) is 6.92 Å². The molecule has 1 saturated heterocycles. The third kappa shape index (κ3) is 4.58. The maximum absolute atomic E-state index is 10.1. The summed E-state index contributed by atoms with van der Waals surface area (Å²) in [5.74, 6) is 0.888. The Kier molecular flexibility index (Phi) is 5.79. The van der Waals surface area contributed by atoms with E-state index in [2.05, 4.69) is 17.0 Å². The van der Waals surface area contributed by atoms with Gasteiger partial charge in [0.05, 0.1) is 12.2 Å². The molecule has 2 heterocycles. The van der Waals surface area contributed by atoms with Crippen LogP contribution in [0.15, 0.2) is 6.33 Å². The SMILES string of the molecule is CCCn1ncnc1CC(O)CCC1CCCCO1. The van der Waals surface area contributed by atoms with Gasteiger partial charge in [-0.2, -0.15) is 5.10 Å². The highest BCUT2D eigenvalue weighted by atomic mass is 16.5. The van der Waals surface area contributed by atoms with Gasteiger partial charge in [0.15, 0.2) is 0 Å². The minimum absolute atomic E-state index is 0.342. The third-order valence-corrected chi connectivity index (χ3v) is 3.65. The molecule has 2 atom stereocenters. The molecule has 0 spiro atoms. The number of hydrogen-bond donors (Lipinski definition) is 1. The smallest absolute Gasteiger partial charge is 0.138 e. The summed E-state index contributed by atoms with van der Waals surface area (Å²) in [5.41, 5.74) is 0. The Bertz CT molecular complexity index is 361. The molecule has 0 aliphatic carbocycles. The molecular formula is C14H25N3O2. The zero-order chi connectivity index (χ0) is 13.5. The van der Waals surface area contributed by atoms with Crippen molar-refractivity contribution in [2.75, 3.05) is 6.61 Å². The zero-order valence-corrected chi connectivity index (χ0v) is 11.8. The van der Waals surface area contributed by atoms with Crippen molar-refractivity contribution in [3.05, 3.63) is 12.2 Å². The van der Waals surface area contributed by atoms with Gasteiger partial charge in [0.2, 0.25) is 0 Å². The van der Waals surface area contributed by atoms with Crippen molar-refractivity contribution >= 4 is 0 Å². The van der Waals surface area contributed by atoms with Crippen molar-refractivity contribution in [2.24, 2.45) is 0 Å². The van der Waals surface area contributed by atoms with Crippen molar-refractivity contribution in [1.29, 1.82) is 0 Å². The van der Waals surface area contributed by atoms with Crippen molar-refractivity contribution in [2.45, 2.75) is 70.6 Å². The molecule has 0 radical (unpaired) electrons. The Morgan fingerprint density at radius 2 is 2.42 bits per heavy atom. The van der Waals surface area contributed by atoms with Crippen LogP contribution in [0, 0.1) is 0 Å². The molecule has 0 bridgehead atoms. The molecule has 1 aliphatic heterocycles. The molecule has 1 fully saturated rings. The second-order valence-corrected chi connectivity index (χ2v) is 5.32. The molecule has 2 unspecified atom stereocenters. The highest BCUT2D eigenvalue weighted by Crippen LogP contribution is 2.18. The number of ether oxygens (including phenoxy) is 1. The summed E-state index contributed by atoms with van der Waals surface area (Å²) in [6.45, 7) is 3.86. The van der Waals surface area contributed by atoms with E-state index in [0.717, 1.165) is 44.7 Å². The van der Waals surface area contributed by atoms with Crippen LogP contribution in [0.3, 0.4) is 0 Å². The molecular weight excluding hydrogens is 242 g/mol. The highest BCUT2D eigenvalue weighted by Gasteiger charge is 2.17. The quantitative estimate of drug-likeness (QED) is 0.820. The summed E-state index contributed by atoms with van der Waals surface area (Å²) in [6, 6.07) is 0. The molecule has 0 amide bonds. The summed E-state index contributed by atoms with van der Waals surface area (Å²) in [6.07, 6.45) is 8.50. The number of rotatable bonds is 7. The Balaban J connectivity index is 1.73. The fraction of sp³-hybridized carbons (Fsp3) is 0.857. The second-order valence-electron chi connectivity index (χ2n) is 5.32. The van der Waals surface area contributed by atoms with Gasteiger partial charge in [-0.3, -0.25) is 4.68 Å². The third-order valence-electron chi connectivity index (χ3n) is 3.65. The molecule has 1 aliphatic rings. The van der Waals surface area contributed by atoms with Crippen LogP contribution in [0.25, 0.3) is 0 Å². The molecule has 19 heavy (non-hydrogen) atoms. The average Bonchev–Trinajstić information content (AvgIpc) is 2.85. The molecule has 2 rings (SSSR count). The molecule has 5 nitrogen and oxygen atoms in total. The summed E-state index contributed by atoms with van der Waals surface area (Å²) in [7, 11) is 0. The number of hydrogen-bond acceptors (Lipinski definition) is 4.